The van der Waals surface area contributed by atoms with E-state index in [0.717, 1.165) is 0 Å². The quantitative estimate of drug-likeness (QED) is 0.361. The van der Waals surface area contributed by atoms with Crippen LogP contribution in [0, 0.1) is 5.92 Å². The lowest BCUT2D eigenvalue weighted by Gasteiger charge is -2.24. The summed E-state index contributed by atoms with van der Waals surface area (Å²) < 4.78 is 0. The van der Waals surface area contributed by atoms with Crippen LogP contribution in [0.3, 0.4) is 0 Å². The molecular weight excluding hydrogens is 382 g/mol. The first-order valence-electron chi connectivity index (χ1n) is 9.01. The molecule has 0 saturated heterocycles. The predicted molar refractivity (Wildman–Crippen MR) is 109 cm³/mol. The molecule has 0 saturated carbocycles. The van der Waals surface area contributed by atoms with Crippen LogP contribution >= 0.6 is 11.8 Å². The van der Waals surface area contributed by atoms with Crippen molar-refractivity contribution in [3.05, 3.63) is 29.8 Å². The van der Waals surface area contributed by atoms with Crippen LogP contribution in [-0.2, 0) is 20.8 Å². The van der Waals surface area contributed by atoms with Crippen LogP contribution in [-0.4, -0.2) is 58.1 Å². The Morgan fingerprint density at radius 1 is 1.11 bits per heavy atom. The van der Waals surface area contributed by atoms with Crippen molar-refractivity contribution in [2.45, 2.75) is 44.8 Å². The number of amides is 2. The standard InChI is InChI=1S/C19H29N3O5S/c1-11(2)16(19(26)27)22-18(25)15(10-12-4-6-13(23)7-5-12)21-17(24)14(20)8-9-28-3/h4-7,11,14-16,23H,8-10,20H2,1-3H3,(H,21,24)(H,22,25)(H,26,27). The number of phenols is 1. The number of aromatic hydroxyl groups is 1. The molecule has 2 amide bonds. The van der Waals surface area contributed by atoms with E-state index in [2.05, 4.69) is 10.6 Å². The fourth-order valence-electron chi connectivity index (χ4n) is 2.50. The average Bonchev–Trinajstić information content (AvgIpc) is 2.64. The average molecular weight is 412 g/mol. The lowest BCUT2D eigenvalue weighted by Crippen LogP contribution is -2.56. The molecule has 28 heavy (non-hydrogen) atoms. The summed E-state index contributed by atoms with van der Waals surface area (Å²) in [7, 11) is 0. The molecule has 1 rings (SSSR count). The molecule has 0 aromatic heterocycles. The Morgan fingerprint density at radius 2 is 1.71 bits per heavy atom. The highest BCUT2D eigenvalue weighted by Gasteiger charge is 2.29. The van der Waals surface area contributed by atoms with Crippen LogP contribution in [0.15, 0.2) is 24.3 Å². The molecule has 0 heterocycles. The van der Waals surface area contributed by atoms with Crippen LogP contribution in [0.25, 0.3) is 0 Å². The van der Waals surface area contributed by atoms with Gasteiger partial charge in [0.2, 0.25) is 11.8 Å². The molecular formula is C19H29N3O5S. The number of benzene rings is 1. The number of thioether (sulfide) groups is 1. The van der Waals surface area contributed by atoms with Gasteiger partial charge >= 0.3 is 5.97 Å². The molecule has 0 aliphatic rings. The van der Waals surface area contributed by atoms with E-state index in [-0.39, 0.29) is 18.1 Å². The molecule has 3 unspecified atom stereocenters. The van der Waals surface area contributed by atoms with Gasteiger partial charge in [-0.1, -0.05) is 26.0 Å². The molecule has 9 heteroatoms. The fourth-order valence-corrected chi connectivity index (χ4v) is 2.99. The number of nitrogens with one attached hydrogen (secondary N) is 2. The van der Waals surface area contributed by atoms with Crippen LogP contribution in [0.2, 0.25) is 0 Å². The van der Waals surface area contributed by atoms with E-state index in [1.807, 2.05) is 6.26 Å². The minimum Gasteiger partial charge on any atom is -0.508 e. The van der Waals surface area contributed by atoms with Gasteiger partial charge in [-0.25, -0.2) is 4.79 Å². The Hall–Kier alpha value is -2.26. The lowest BCUT2D eigenvalue weighted by molar-refractivity contribution is -0.143. The van der Waals surface area contributed by atoms with Crippen molar-refractivity contribution in [1.82, 2.24) is 10.6 Å². The predicted octanol–water partition coefficient (Wildman–Crippen LogP) is 0.725. The maximum absolute atomic E-state index is 12.7. The summed E-state index contributed by atoms with van der Waals surface area (Å²) in [5.74, 6) is -1.75. The minimum absolute atomic E-state index is 0.0821. The van der Waals surface area contributed by atoms with E-state index in [0.29, 0.717) is 17.7 Å². The van der Waals surface area contributed by atoms with Crippen molar-refractivity contribution in [3.8, 4) is 5.75 Å². The number of carboxylic acid groups (broad SMARTS) is 1. The first kappa shape index (κ1) is 23.8. The maximum Gasteiger partial charge on any atom is 0.326 e. The molecule has 1 aromatic rings. The highest BCUT2D eigenvalue weighted by atomic mass is 32.2. The number of carbonyl (C=O) groups is 3. The van der Waals surface area contributed by atoms with Crippen LogP contribution in [0.5, 0.6) is 5.75 Å². The van der Waals surface area contributed by atoms with Crippen molar-refractivity contribution in [2.24, 2.45) is 11.7 Å². The Labute approximate surface area is 169 Å². The van der Waals surface area contributed by atoms with Gasteiger partial charge in [-0.05, 0) is 42.0 Å². The van der Waals surface area contributed by atoms with Crippen molar-refractivity contribution in [1.29, 1.82) is 0 Å². The van der Waals surface area contributed by atoms with Gasteiger partial charge in [-0.3, -0.25) is 9.59 Å². The van der Waals surface area contributed by atoms with E-state index in [4.69, 9.17) is 5.73 Å². The second-order valence-electron chi connectivity index (χ2n) is 6.89. The van der Waals surface area contributed by atoms with E-state index in [1.54, 1.807) is 37.7 Å². The molecule has 6 N–H and O–H groups in total. The lowest BCUT2D eigenvalue weighted by atomic mass is 10.0. The molecule has 0 spiro atoms. The van der Waals surface area contributed by atoms with Crippen molar-refractivity contribution in [2.75, 3.05) is 12.0 Å². The number of hydrogen-bond donors (Lipinski definition) is 5. The van der Waals surface area contributed by atoms with Gasteiger partial charge in [-0.2, -0.15) is 11.8 Å². The van der Waals surface area contributed by atoms with Gasteiger partial charge in [0.15, 0.2) is 0 Å². The number of carbonyl (C=O) groups excluding carboxylic acids is 2. The van der Waals surface area contributed by atoms with Crippen LogP contribution in [0.4, 0.5) is 0 Å². The first-order valence-corrected chi connectivity index (χ1v) is 10.4. The molecule has 1 aromatic carbocycles. The highest BCUT2D eigenvalue weighted by molar-refractivity contribution is 7.98. The van der Waals surface area contributed by atoms with Gasteiger partial charge in [0, 0.05) is 6.42 Å². The number of aliphatic carboxylic acids is 1. The zero-order valence-electron chi connectivity index (χ0n) is 16.3. The summed E-state index contributed by atoms with van der Waals surface area (Å²) in [6.07, 6.45) is 2.51. The monoisotopic (exact) mass is 411 g/mol. The van der Waals surface area contributed by atoms with Crippen molar-refractivity contribution < 1.29 is 24.6 Å². The Kier molecular flexibility index (Phi) is 9.81. The Bertz CT molecular complexity index is 666. The SMILES string of the molecule is CSCCC(N)C(=O)NC(Cc1ccc(O)cc1)C(=O)NC(C(=O)O)C(C)C. The molecule has 0 radical (unpaired) electrons. The van der Waals surface area contributed by atoms with Gasteiger partial charge in [0.05, 0.1) is 6.04 Å². The number of nitrogens with two attached hydrogens (primary N) is 1. The van der Waals surface area contributed by atoms with Gasteiger partial charge in [0.1, 0.15) is 17.8 Å². The number of rotatable bonds is 11. The van der Waals surface area contributed by atoms with Gasteiger partial charge in [-0.15, -0.1) is 0 Å². The topological polar surface area (TPSA) is 142 Å². The third kappa shape index (κ3) is 7.77. The second kappa shape index (κ2) is 11.6. The number of carboxylic acids is 1. The highest BCUT2D eigenvalue weighted by Crippen LogP contribution is 2.12. The van der Waals surface area contributed by atoms with Crippen molar-refractivity contribution in [3.63, 3.8) is 0 Å². The van der Waals surface area contributed by atoms with Gasteiger partial charge in [0.25, 0.3) is 0 Å². The van der Waals surface area contributed by atoms with Crippen LogP contribution in [0.1, 0.15) is 25.8 Å². The van der Waals surface area contributed by atoms with Crippen LogP contribution < -0.4 is 16.4 Å². The summed E-state index contributed by atoms with van der Waals surface area (Å²) >= 11 is 1.56. The number of phenolic OH excluding ortho intramolecular Hbond substituents is 1. The molecule has 0 aliphatic heterocycles. The van der Waals surface area contributed by atoms with E-state index < -0.39 is 35.9 Å². The summed E-state index contributed by atoms with van der Waals surface area (Å²) in [5, 5.41) is 23.8. The van der Waals surface area contributed by atoms with Gasteiger partial charge < -0.3 is 26.6 Å². The Morgan fingerprint density at radius 3 is 2.21 bits per heavy atom. The molecule has 0 aliphatic carbocycles. The zero-order chi connectivity index (χ0) is 21.3. The summed E-state index contributed by atoms with van der Waals surface area (Å²) in [6, 6.07) is 3.39. The number of hydrogen-bond acceptors (Lipinski definition) is 6. The molecule has 0 fully saturated rings. The Balaban J connectivity index is 2.95. The second-order valence-corrected chi connectivity index (χ2v) is 7.87. The molecule has 156 valence electrons. The molecule has 0 bridgehead atoms. The molecule has 3 atom stereocenters. The largest absolute Gasteiger partial charge is 0.508 e. The third-order valence-electron chi connectivity index (χ3n) is 4.21. The summed E-state index contributed by atoms with van der Waals surface area (Å²) in [4.78, 5) is 36.5. The van der Waals surface area contributed by atoms with E-state index >= 15 is 0 Å². The molecule has 8 nitrogen and oxygen atoms in total. The zero-order valence-corrected chi connectivity index (χ0v) is 17.2. The minimum atomic E-state index is -1.14. The van der Waals surface area contributed by atoms with E-state index in [9.17, 15) is 24.6 Å². The third-order valence-corrected chi connectivity index (χ3v) is 4.85. The van der Waals surface area contributed by atoms with E-state index in [1.165, 1.54) is 12.1 Å². The smallest absolute Gasteiger partial charge is 0.326 e. The maximum atomic E-state index is 12.7. The first-order chi connectivity index (χ1) is 13.1. The summed E-state index contributed by atoms with van der Waals surface area (Å²) in [5.41, 5.74) is 6.58. The fraction of sp³-hybridized carbons (Fsp3) is 0.526. The summed E-state index contributed by atoms with van der Waals surface area (Å²) in [6.45, 7) is 3.37. The normalized spacial score (nSPS) is 14.2. The van der Waals surface area contributed by atoms with Crippen molar-refractivity contribution >= 4 is 29.5 Å².